The van der Waals surface area contributed by atoms with E-state index < -0.39 is 5.60 Å². The number of esters is 1. The molecule has 2 aliphatic rings. The molecule has 2 heterocycles. The first-order chi connectivity index (χ1) is 21.4. The van der Waals surface area contributed by atoms with Crippen molar-refractivity contribution in [3.05, 3.63) is 112 Å². The van der Waals surface area contributed by atoms with E-state index in [0.717, 1.165) is 64.6 Å². The number of anilines is 3. The molecule has 0 aliphatic carbocycles. The van der Waals surface area contributed by atoms with Gasteiger partial charge in [0.1, 0.15) is 11.5 Å². The van der Waals surface area contributed by atoms with Crippen molar-refractivity contribution in [2.75, 3.05) is 23.3 Å². The van der Waals surface area contributed by atoms with Crippen LogP contribution in [0.1, 0.15) is 97.0 Å². The molecule has 44 heavy (non-hydrogen) atoms. The lowest BCUT2D eigenvalue weighted by molar-refractivity contribution is 0.0224. The van der Waals surface area contributed by atoms with Crippen molar-refractivity contribution in [1.82, 2.24) is 0 Å². The smallest absolute Gasteiger partial charge is 0.340 e. The largest absolute Gasteiger partial charge is 0.456 e. The highest BCUT2D eigenvalue weighted by atomic mass is 16.6. The van der Waals surface area contributed by atoms with Crippen LogP contribution in [0.2, 0.25) is 0 Å². The van der Waals surface area contributed by atoms with Gasteiger partial charge in [-0.3, -0.25) is 0 Å². The second-order valence-corrected chi connectivity index (χ2v) is 12.3. The first-order valence-corrected chi connectivity index (χ1v) is 16.3. The highest BCUT2D eigenvalue weighted by molar-refractivity contribution is 5.97. The molecule has 0 saturated carbocycles. The molecule has 0 fully saturated rings. The minimum absolute atomic E-state index is 0.311. The van der Waals surface area contributed by atoms with E-state index in [-0.39, 0.29) is 5.97 Å². The number of aryl methyl sites for hydroxylation is 2. The van der Waals surface area contributed by atoms with Gasteiger partial charge in [0.25, 0.3) is 0 Å². The van der Waals surface area contributed by atoms with Gasteiger partial charge in [-0.2, -0.15) is 0 Å². The fourth-order valence-electron chi connectivity index (χ4n) is 6.67. The normalized spacial score (nSPS) is 16.1. The molecule has 1 spiro atoms. The summed E-state index contributed by atoms with van der Waals surface area (Å²) in [4.78, 5) is 16.0. The van der Waals surface area contributed by atoms with Crippen molar-refractivity contribution >= 4 is 23.0 Å². The van der Waals surface area contributed by atoms with Gasteiger partial charge in [-0.15, -0.1) is 0 Å². The Balaban J connectivity index is 1.45. The van der Waals surface area contributed by atoms with E-state index in [1.807, 2.05) is 30.3 Å². The Morgan fingerprint density at radius 1 is 0.727 bits per heavy atom. The standard InChI is InChI=1S/C39H44N2O3/c1-5-7-9-13-22-41(21-12-8-6-2)30-19-20-33-37(25-30)43-36-24-28(4)35(40-29-16-14-15-27(3)23-29)26-34(36)39(33)32-18-11-10-17-31(32)38(42)44-39/h10-11,14-20,23-26,40H,5-9,12-13,21-22H2,1-4H3. The van der Waals surface area contributed by atoms with E-state index >= 15 is 0 Å². The molecule has 1 N–H and O–H groups in total. The van der Waals surface area contributed by atoms with E-state index in [1.165, 1.54) is 44.1 Å². The molecule has 6 rings (SSSR count). The molecule has 0 saturated heterocycles. The van der Waals surface area contributed by atoms with Gasteiger partial charge in [-0.1, -0.05) is 76.3 Å². The summed E-state index contributed by atoms with van der Waals surface area (Å²) in [6.45, 7) is 10.7. The van der Waals surface area contributed by atoms with Crippen LogP contribution in [0.25, 0.3) is 0 Å². The van der Waals surface area contributed by atoms with Crippen LogP contribution in [0.4, 0.5) is 17.1 Å². The monoisotopic (exact) mass is 588 g/mol. The van der Waals surface area contributed by atoms with Crippen molar-refractivity contribution in [2.24, 2.45) is 0 Å². The number of nitrogens with one attached hydrogen (secondary N) is 1. The van der Waals surface area contributed by atoms with Crippen LogP contribution in [0, 0.1) is 13.8 Å². The van der Waals surface area contributed by atoms with Gasteiger partial charge in [0.15, 0.2) is 5.60 Å². The second-order valence-electron chi connectivity index (χ2n) is 12.3. The van der Waals surface area contributed by atoms with Gasteiger partial charge in [0.2, 0.25) is 0 Å². The van der Waals surface area contributed by atoms with Gasteiger partial charge in [-0.25, -0.2) is 4.79 Å². The molecule has 0 amide bonds. The average Bonchev–Trinajstić information content (AvgIpc) is 3.31. The van der Waals surface area contributed by atoms with Crippen molar-refractivity contribution in [3.8, 4) is 11.5 Å². The molecule has 228 valence electrons. The van der Waals surface area contributed by atoms with Gasteiger partial charge in [-0.05, 0) is 80.3 Å². The SMILES string of the molecule is CCCCCCN(CCCCC)c1ccc2c(c1)Oc1cc(C)c(Nc3cccc(C)c3)cc1C21OC(=O)c2ccccc21. The molecular weight excluding hydrogens is 544 g/mol. The van der Waals surface area contributed by atoms with E-state index in [9.17, 15) is 4.79 Å². The molecule has 4 aromatic carbocycles. The average molecular weight is 589 g/mol. The van der Waals surface area contributed by atoms with E-state index in [0.29, 0.717) is 11.3 Å². The van der Waals surface area contributed by atoms with E-state index in [1.54, 1.807) is 0 Å². The van der Waals surface area contributed by atoms with Crippen LogP contribution in [0.15, 0.2) is 78.9 Å². The second kappa shape index (κ2) is 12.8. The lowest BCUT2D eigenvalue weighted by Crippen LogP contribution is -2.33. The highest BCUT2D eigenvalue weighted by Gasteiger charge is 2.53. The quantitative estimate of drug-likeness (QED) is 0.132. The number of carbonyl (C=O) groups excluding carboxylic acids is 1. The number of carbonyl (C=O) groups is 1. The molecule has 5 nitrogen and oxygen atoms in total. The molecule has 0 bridgehead atoms. The Morgan fingerprint density at radius 2 is 1.48 bits per heavy atom. The molecule has 0 aromatic heterocycles. The summed E-state index contributed by atoms with van der Waals surface area (Å²) < 4.78 is 13.2. The number of hydrogen-bond acceptors (Lipinski definition) is 5. The third-order valence-electron chi connectivity index (χ3n) is 9.02. The van der Waals surface area contributed by atoms with Crippen molar-refractivity contribution < 1.29 is 14.3 Å². The van der Waals surface area contributed by atoms with Crippen LogP contribution in [0.5, 0.6) is 11.5 Å². The Hall–Kier alpha value is -4.25. The summed E-state index contributed by atoms with van der Waals surface area (Å²) in [7, 11) is 0. The first-order valence-electron chi connectivity index (χ1n) is 16.3. The summed E-state index contributed by atoms with van der Waals surface area (Å²) in [5.41, 5.74) is 7.39. The molecule has 4 aromatic rings. The molecule has 5 heteroatoms. The van der Waals surface area contributed by atoms with Crippen LogP contribution in [0.3, 0.4) is 0 Å². The number of ether oxygens (including phenoxy) is 2. The number of rotatable bonds is 12. The predicted octanol–water partition coefficient (Wildman–Crippen LogP) is 10.2. The summed E-state index contributed by atoms with van der Waals surface area (Å²) in [5.74, 6) is 1.15. The number of fused-ring (bicyclic) bond motifs is 6. The van der Waals surface area contributed by atoms with Gasteiger partial charge >= 0.3 is 5.97 Å². The minimum atomic E-state index is -1.10. The Bertz CT molecular complexity index is 1660. The first kappa shape index (κ1) is 29.8. The Morgan fingerprint density at radius 3 is 2.27 bits per heavy atom. The van der Waals surface area contributed by atoms with Crippen molar-refractivity contribution in [1.29, 1.82) is 0 Å². The zero-order valence-electron chi connectivity index (χ0n) is 26.5. The topological polar surface area (TPSA) is 50.8 Å². The Kier molecular flexibility index (Phi) is 8.65. The minimum Gasteiger partial charge on any atom is -0.456 e. The summed E-state index contributed by atoms with van der Waals surface area (Å²) in [6.07, 6.45) is 8.48. The van der Waals surface area contributed by atoms with Gasteiger partial charge in [0, 0.05) is 52.9 Å². The van der Waals surface area contributed by atoms with Crippen LogP contribution in [-0.4, -0.2) is 19.1 Å². The molecule has 0 radical (unpaired) electrons. The van der Waals surface area contributed by atoms with E-state index in [4.69, 9.17) is 9.47 Å². The number of unbranched alkanes of at least 4 members (excludes halogenated alkanes) is 5. The van der Waals surface area contributed by atoms with Crippen LogP contribution < -0.4 is 15.0 Å². The third-order valence-corrected chi connectivity index (χ3v) is 9.02. The maximum Gasteiger partial charge on any atom is 0.340 e. The summed E-state index contributed by atoms with van der Waals surface area (Å²) in [5, 5.41) is 3.60. The van der Waals surface area contributed by atoms with Crippen LogP contribution >= 0.6 is 0 Å². The van der Waals surface area contributed by atoms with Crippen molar-refractivity contribution in [2.45, 2.75) is 78.2 Å². The fourth-order valence-corrected chi connectivity index (χ4v) is 6.67. The Labute approximate surface area is 262 Å². The lowest BCUT2D eigenvalue weighted by atomic mass is 9.77. The van der Waals surface area contributed by atoms with Crippen LogP contribution in [-0.2, 0) is 10.3 Å². The zero-order chi connectivity index (χ0) is 30.7. The molecule has 1 atom stereocenters. The maximum atomic E-state index is 13.4. The fraction of sp³-hybridized carbons (Fsp3) is 0.359. The zero-order valence-corrected chi connectivity index (χ0v) is 26.5. The van der Waals surface area contributed by atoms with E-state index in [2.05, 4.69) is 86.4 Å². The maximum absolute atomic E-state index is 13.4. The molecule has 1 unspecified atom stereocenters. The highest BCUT2D eigenvalue weighted by Crippen LogP contribution is 2.57. The van der Waals surface area contributed by atoms with Gasteiger partial charge in [0.05, 0.1) is 5.56 Å². The lowest BCUT2D eigenvalue weighted by Gasteiger charge is -2.38. The van der Waals surface area contributed by atoms with Crippen molar-refractivity contribution in [3.63, 3.8) is 0 Å². The number of nitrogens with zero attached hydrogens (tertiary/aromatic N) is 1. The third kappa shape index (κ3) is 5.56. The molecule has 2 aliphatic heterocycles. The predicted molar refractivity (Wildman–Crippen MR) is 180 cm³/mol. The summed E-state index contributed by atoms with van der Waals surface area (Å²) >= 11 is 0. The van der Waals surface area contributed by atoms with Gasteiger partial charge < -0.3 is 19.7 Å². The number of benzene rings is 4. The number of hydrogen-bond donors (Lipinski definition) is 1. The summed E-state index contributed by atoms with van der Waals surface area (Å²) in [6, 6.07) is 26.7. The molecular formula is C39H44N2O3.